The number of carbonyl (C=O) groups excluding carboxylic acids is 1. The predicted octanol–water partition coefficient (Wildman–Crippen LogP) is 5.89. The number of halogens is 1. The van der Waals surface area contributed by atoms with E-state index < -0.39 is 0 Å². The van der Waals surface area contributed by atoms with E-state index in [9.17, 15) is 9.59 Å². The van der Waals surface area contributed by atoms with E-state index in [1.54, 1.807) is 25.1 Å². The molecule has 0 radical (unpaired) electrons. The molecular weight excluding hydrogens is 510 g/mol. The second-order valence-electron chi connectivity index (χ2n) is 9.63. The number of carbonyl (C=O) groups is 1. The zero-order chi connectivity index (χ0) is 27.0. The van der Waals surface area contributed by atoms with Crippen molar-refractivity contribution in [3.8, 4) is 17.2 Å². The topological polar surface area (TPSA) is 105 Å². The van der Waals surface area contributed by atoms with Crippen molar-refractivity contribution in [3.63, 3.8) is 0 Å². The summed E-state index contributed by atoms with van der Waals surface area (Å²) in [5, 5.41) is 8.65. The molecule has 2 atom stereocenters. The molecule has 1 aliphatic rings. The van der Waals surface area contributed by atoms with Gasteiger partial charge in [-0.1, -0.05) is 29.2 Å². The van der Waals surface area contributed by atoms with Crippen LogP contribution in [0.5, 0.6) is 17.2 Å². The van der Waals surface area contributed by atoms with E-state index in [4.69, 9.17) is 30.3 Å². The third-order valence-corrected chi connectivity index (χ3v) is 7.63. The Balaban J connectivity index is 1.40. The Morgan fingerprint density at radius 2 is 1.87 bits per heavy atom. The number of anilines is 1. The molecule has 0 aliphatic heterocycles. The number of amides is 1. The van der Waals surface area contributed by atoms with Crippen LogP contribution < -0.4 is 25.1 Å². The number of benzene rings is 2. The molecule has 2 heterocycles. The molecule has 0 spiro atoms. The van der Waals surface area contributed by atoms with Crippen molar-refractivity contribution >= 4 is 45.1 Å². The molecule has 0 saturated heterocycles. The third kappa shape index (κ3) is 4.55. The fraction of sp³-hybridized carbons (Fsp3) is 0.393. The Morgan fingerprint density at radius 3 is 2.55 bits per heavy atom. The van der Waals surface area contributed by atoms with E-state index in [1.807, 2.05) is 16.7 Å². The molecule has 10 heteroatoms. The number of hydrogen-bond donors (Lipinski definition) is 1. The molecule has 2 aromatic heterocycles. The van der Waals surface area contributed by atoms with Gasteiger partial charge in [-0.3, -0.25) is 9.59 Å². The van der Waals surface area contributed by atoms with Gasteiger partial charge in [-0.05, 0) is 44.2 Å². The smallest absolute Gasteiger partial charge is 0.264 e. The molecule has 5 rings (SSSR count). The van der Waals surface area contributed by atoms with Gasteiger partial charge in [0.1, 0.15) is 5.39 Å². The van der Waals surface area contributed by atoms with Gasteiger partial charge in [-0.25, -0.2) is 0 Å². The SMILES string of the molecule is COc1cc(NC(=O)C[C@H]2CCC[C@@H](n3c(=O)c4c(C)noc4c4c(Cl)cccc43)C2)cc(OC)c1OC. The van der Waals surface area contributed by atoms with Crippen molar-refractivity contribution in [1.82, 2.24) is 9.72 Å². The molecule has 9 nitrogen and oxygen atoms in total. The van der Waals surface area contributed by atoms with Gasteiger partial charge >= 0.3 is 0 Å². The highest BCUT2D eigenvalue weighted by Gasteiger charge is 2.29. The van der Waals surface area contributed by atoms with Crippen LogP contribution in [0.3, 0.4) is 0 Å². The number of methoxy groups -OCH3 is 3. The summed E-state index contributed by atoms with van der Waals surface area (Å²) >= 11 is 6.56. The highest BCUT2D eigenvalue weighted by molar-refractivity contribution is 6.37. The molecule has 0 bridgehead atoms. The minimum absolute atomic E-state index is 0.0742. The predicted molar refractivity (Wildman–Crippen MR) is 146 cm³/mol. The first kappa shape index (κ1) is 25.9. The summed E-state index contributed by atoms with van der Waals surface area (Å²) in [6.45, 7) is 1.76. The van der Waals surface area contributed by atoms with Gasteiger partial charge in [-0.2, -0.15) is 0 Å². The summed E-state index contributed by atoms with van der Waals surface area (Å²) in [6.07, 6.45) is 3.67. The van der Waals surface area contributed by atoms with Gasteiger partial charge in [-0.15, -0.1) is 0 Å². The number of nitrogens with zero attached hydrogens (tertiary/aromatic N) is 2. The summed E-state index contributed by atoms with van der Waals surface area (Å²) in [4.78, 5) is 26.7. The molecule has 1 saturated carbocycles. The number of fused-ring (bicyclic) bond motifs is 3. The lowest BCUT2D eigenvalue weighted by atomic mass is 9.83. The van der Waals surface area contributed by atoms with Gasteiger partial charge < -0.3 is 28.6 Å². The Hall–Kier alpha value is -3.72. The zero-order valence-electron chi connectivity index (χ0n) is 21.8. The summed E-state index contributed by atoms with van der Waals surface area (Å²) in [7, 11) is 4.59. The number of aromatic nitrogens is 2. The maximum atomic E-state index is 13.7. The Kier molecular flexibility index (Phi) is 7.21. The summed E-state index contributed by atoms with van der Waals surface area (Å²) < 4.78 is 23.5. The quantitative estimate of drug-likeness (QED) is 0.312. The average molecular weight is 540 g/mol. The molecular formula is C28H30ClN3O6. The van der Waals surface area contributed by atoms with Crippen LogP contribution in [0.25, 0.3) is 21.9 Å². The fourth-order valence-corrected chi connectivity index (χ4v) is 5.89. The zero-order valence-corrected chi connectivity index (χ0v) is 22.6. The standard InChI is InChI=1S/C28H30ClN3O6/c1-15-24-27(38-31-15)25-19(29)9-6-10-20(25)32(28(24)34)18-8-5-7-16(11-18)12-23(33)30-17-13-21(35-2)26(37-4)22(14-17)36-3/h6,9-10,13-14,16,18H,5,7-8,11-12H2,1-4H3,(H,30,33)/t16-,18+/m0/s1. The van der Waals surface area contributed by atoms with Gasteiger partial charge in [0.2, 0.25) is 11.7 Å². The van der Waals surface area contributed by atoms with Crippen molar-refractivity contribution < 1.29 is 23.5 Å². The number of hydrogen-bond acceptors (Lipinski definition) is 7. The van der Waals surface area contributed by atoms with Crippen LogP contribution in [0.2, 0.25) is 5.02 Å². The molecule has 2 aromatic carbocycles. The van der Waals surface area contributed by atoms with E-state index in [2.05, 4.69) is 10.5 Å². The highest BCUT2D eigenvalue weighted by atomic mass is 35.5. The first-order chi connectivity index (χ1) is 18.4. The number of ether oxygens (including phenoxy) is 3. The molecule has 1 aliphatic carbocycles. The van der Waals surface area contributed by atoms with Gasteiger partial charge in [0.15, 0.2) is 17.1 Å². The lowest BCUT2D eigenvalue weighted by Gasteiger charge is -2.31. The van der Waals surface area contributed by atoms with Crippen molar-refractivity contribution in [2.45, 2.75) is 45.1 Å². The van der Waals surface area contributed by atoms with Crippen LogP contribution in [-0.2, 0) is 4.79 Å². The van der Waals surface area contributed by atoms with Crippen LogP contribution in [0.15, 0.2) is 39.6 Å². The van der Waals surface area contributed by atoms with Gasteiger partial charge in [0, 0.05) is 30.3 Å². The number of nitrogens with one attached hydrogen (secondary N) is 1. The minimum atomic E-state index is -0.138. The van der Waals surface area contributed by atoms with Gasteiger partial charge in [0.25, 0.3) is 5.56 Å². The third-order valence-electron chi connectivity index (χ3n) is 7.32. The normalized spacial score (nSPS) is 17.5. The molecule has 1 N–H and O–H groups in total. The molecule has 38 heavy (non-hydrogen) atoms. The lowest BCUT2D eigenvalue weighted by molar-refractivity contribution is -0.117. The minimum Gasteiger partial charge on any atom is -0.493 e. The Labute approximate surface area is 224 Å². The number of pyridine rings is 1. The van der Waals surface area contributed by atoms with Crippen LogP contribution in [-0.4, -0.2) is 37.0 Å². The number of aryl methyl sites for hydroxylation is 1. The number of rotatable bonds is 7. The van der Waals surface area contributed by atoms with Gasteiger partial charge in [0.05, 0.1) is 42.9 Å². The van der Waals surface area contributed by atoms with E-state index in [0.29, 0.717) is 62.8 Å². The van der Waals surface area contributed by atoms with Crippen LogP contribution in [0.4, 0.5) is 5.69 Å². The van der Waals surface area contributed by atoms with E-state index >= 15 is 0 Å². The van der Waals surface area contributed by atoms with E-state index in [-0.39, 0.29) is 23.4 Å². The van der Waals surface area contributed by atoms with E-state index in [1.165, 1.54) is 21.3 Å². The summed E-state index contributed by atoms with van der Waals surface area (Å²) in [5.41, 5.74) is 2.10. The average Bonchev–Trinajstić information content (AvgIpc) is 3.29. The van der Waals surface area contributed by atoms with Crippen LogP contribution in [0, 0.1) is 12.8 Å². The Morgan fingerprint density at radius 1 is 1.13 bits per heavy atom. The van der Waals surface area contributed by atoms with Crippen LogP contribution in [0.1, 0.15) is 43.8 Å². The summed E-state index contributed by atoms with van der Waals surface area (Å²) in [5.74, 6) is 1.38. The molecule has 1 amide bonds. The molecule has 200 valence electrons. The van der Waals surface area contributed by atoms with Crippen molar-refractivity contribution in [2.24, 2.45) is 5.92 Å². The molecule has 0 unspecified atom stereocenters. The molecule has 1 fully saturated rings. The Bertz CT molecular complexity index is 1550. The maximum Gasteiger partial charge on any atom is 0.264 e. The van der Waals surface area contributed by atoms with E-state index in [0.717, 1.165) is 24.8 Å². The highest BCUT2D eigenvalue weighted by Crippen LogP contribution is 2.41. The maximum absolute atomic E-state index is 13.7. The molecule has 4 aromatic rings. The largest absolute Gasteiger partial charge is 0.493 e. The second-order valence-corrected chi connectivity index (χ2v) is 10.0. The fourth-order valence-electron chi connectivity index (χ4n) is 5.63. The van der Waals surface area contributed by atoms with Crippen molar-refractivity contribution in [3.05, 3.63) is 51.4 Å². The van der Waals surface area contributed by atoms with Crippen LogP contribution >= 0.6 is 11.6 Å². The monoisotopic (exact) mass is 539 g/mol. The van der Waals surface area contributed by atoms with Crippen molar-refractivity contribution in [2.75, 3.05) is 26.6 Å². The first-order valence-corrected chi connectivity index (χ1v) is 12.9. The summed E-state index contributed by atoms with van der Waals surface area (Å²) in [6, 6.07) is 8.84. The first-order valence-electron chi connectivity index (χ1n) is 12.5. The second kappa shape index (κ2) is 10.6. The lowest BCUT2D eigenvalue weighted by Crippen LogP contribution is -2.30. The van der Waals surface area contributed by atoms with Crippen molar-refractivity contribution in [1.29, 1.82) is 0 Å².